The van der Waals surface area contributed by atoms with E-state index in [4.69, 9.17) is 4.99 Å². The summed E-state index contributed by atoms with van der Waals surface area (Å²) in [4.78, 5) is 8.98. The molecule has 0 saturated carbocycles. The molecule has 1 atom stereocenters. The van der Waals surface area contributed by atoms with Crippen LogP contribution in [0.3, 0.4) is 0 Å². The molecule has 0 aromatic carbocycles. The van der Waals surface area contributed by atoms with E-state index in [0.717, 1.165) is 44.5 Å². The first-order valence-corrected chi connectivity index (χ1v) is 11.4. The van der Waals surface area contributed by atoms with E-state index in [-0.39, 0.29) is 0 Å². The van der Waals surface area contributed by atoms with Crippen molar-refractivity contribution >= 4 is 17.3 Å². The summed E-state index contributed by atoms with van der Waals surface area (Å²) in [5.74, 6) is 1.76. The normalized spacial score (nSPS) is 17.6. The molecule has 1 fully saturated rings. The number of piperidine rings is 1. The third kappa shape index (κ3) is 6.34. The second-order valence-corrected chi connectivity index (χ2v) is 8.50. The number of thiophene rings is 1. The molecule has 0 radical (unpaired) electrons. The zero-order chi connectivity index (χ0) is 19.6. The molecule has 2 N–H and O–H groups in total. The summed E-state index contributed by atoms with van der Waals surface area (Å²) in [6.07, 6.45) is 7.43. The summed E-state index contributed by atoms with van der Waals surface area (Å²) < 4.78 is 1.97. The van der Waals surface area contributed by atoms with Crippen LogP contribution in [0.25, 0.3) is 0 Å². The maximum Gasteiger partial charge on any atom is 0.191 e. The fraction of sp³-hybridized carbons (Fsp3) is 0.619. The molecule has 154 valence electrons. The summed E-state index contributed by atoms with van der Waals surface area (Å²) in [7, 11) is 0. The number of nitrogens with zero attached hydrogens (tertiary/aromatic N) is 4. The van der Waals surface area contributed by atoms with Gasteiger partial charge in [0.25, 0.3) is 0 Å². The van der Waals surface area contributed by atoms with E-state index < -0.39 is 0 Å². The van der Waals surface area contributed by atoms with Gasteiger partial charge < -0.3 is 10.6 Å². The SMILES string of the molecule is CCNC(=NCC(c1cccs1)N1CCC(C)CC1)NCCCn1cccn1. The van der Waals surface area contributed by atoms with E-state index in [0.29, 0.717) is 6.04 Å². The Labute approximate surface area is 173 Å². The molecule has 1 saturated heterocycles. The van der Waals surface area contributed by atoms with Crippen molar-refractivity contribution in [3.8, 4) is 0 Å². The Bertz CT molecular complexity index is 674. The monoisotopic (exact) mass is 402 g/mol. The van der Waals surface area contributed by atoms with Gasteiger partial charge >= 0.3 is 0 Å². The number of likely N-dealkylation sites (tertiary alicyclic amines) is 1. The Balaban J connectivity index is 1.56. The highest BCUT2D eigenvalue weighted by Gasteiger charge is 2.25. The van der Waals surface area contributed by atoms with Crippen LogP contribution >= 0.6 is 11.3 Å². The largest absolute Gasteiger partial charge is 0.357 e. The molecule has 0 amide bonds. The zero-order valence-electron chi connectivity index (χ0n) is 17.2. The van der Waals surface area contributed by atoms with Gasteiger partial charge in [0.2, 0.25) is 0 Å². The molecule has 2 aromatic heterocycles. The average molecular weight is 403 g/mol. The topological polar surface area (TPSA) is 57.5 Å². The van der Waals surface area contributed by atoms with Crippen molar-refractivity contribution in [2.45, 2.75) is 45.7 Å². The Morgan fingerprint density at radius 1 is 1.32 bits per heavy atom. The van der Waals surface area contributed by atoms with Crippen LogP contribution in [-0.4, -0.2) is 53.4 Å². The minimum absolute atomic E-state index is 0.382. The van der Waals surface area contributed by atoms with E-state index in [1.807, 2.05) is 34.5 Å². The molecule has 0 spiro atoms. The number of hydrogen-bond acceptors (Lipinski definition) is 4. The molecule has 0 aliphatic carbocycles. The van der Waals surface area contributed by atoms with Crippen LogP contribution in [0.2, 0.25) is 0 Å². The number of nitrogens with one attached hydrogen (secondary N) is 2. The van der Waals surface area contributed by atoms with Gasteiger partial charge in [0.15, 0.2) is 5.96 Å². The van der Waals surface area contributed by atoms with Crippen LogP contribution in [-0.2, 0) is 6.54 Å². The van der Waals surface area contributed by atoms with Crippen molar-refractivity contribution in [1.82, 2.24) is 25.3 Å². The van der Waals surface area contributed by atoms with Crippen LogP contribution in [0.1, 0.15) is 44.0 Å². The molecule has 1 aliphatic heterocycles. The second-order valence-electron chi connectivity index (χ2n) is 7.52. The minimum atomic E-state index is 0.382. The molecule has 2 aromatic rings. The van der Waals surface area contributed by atoms with Crippen LogP contribution in [0.15, 0.2) is 41.0 Å². The summed E-state index contributed by atoms with van der Waals surface area (Å²) in [5.41, 5.74) is 0. The first-order chi connectivity index (χ1) is 13.8. The Kier molecular flexibility index (Phi) is 8.36. The smallest absolute Gasteiger partial charge is 0.191 e. The highest BCUT2D eigenvalue weighted by molar-refractivity contribution is 7.10. The molecule has 1 aliphatic rings. The molecule has 7 heteroatoms. The molecular weight excluding hydrogens is 368 g/mol. The van der Waals surface area contributed by atoms with Crippen LogP contribution in [0, 0.1) is 5.92 Å². The van der Waals surface area contributed by atoms with Crippen molar-refractivity contribution in [3.05, 3.63) is 40.8 Å². The summed E-state index contributed by atoms with van der Waals surface area (Å²) in [6, 6.07) is 6.76. The third-order valence-corrected chi connectivity index (χ3v) is 6.29. The molecule has 6 nitrogen and oxygen atoms in total. The van der Waals surface area contributed by atoms with E-state index in [1.165, 1.54) is 30.8 Å². The summed E-state index contributed by atoms with van der Waals surface area (Å²) in [5, 5.41) is 13.3. The van der Waals surface area contributed by atoms with Crippen LogP contribution in [0.4, 0.5) is 0 Å². The van der Waals surface area contributed by atoms with Gasteiger partial charge in [-0.15, -0.1) is 11.3 Å². The van der Waals surface area contributed by atoms with Gasteiger partial charge in [-0.3, -0.25) is 14.6 Å². The minimum Gasteiger partial charge on any atom is -0.357 e. The van der Waals surface area contributed by atoms with E-state index in [9.17, 15) is 0 Å². The Hall–Kier alpha value is -1.86. The maximum atomic E-state index is 4.94. The van der Waals surface area contributed by atoms with Gasteiger partial charge in [0.1, 0.15) is 0 Å². The summed E-state index contributed by atoms with van der Waals surface area (Å²) in [6.45, 7) is 10.3. The van der Waals surface area contributed by atoms with Gasteiger partial charge in [0.05, 0.1) is 12.6 Å². The Morgan fingerprint density at radius 3 is 2.86 bits per heavy atom. The van der Waals surface area contributed by atoms with Crippen LogP contribution < -0.4 is 10.6 Å². The van der Waals surface area contributed by atoms with Gasteiger partial charge in [-0.2, -0.15) is 5.10 Å². The van der Waals surface area contributed by atoms with E-state index in [1.54, 1.807) is 0 Å². The number of hydrogen-bond donors (Lipinski definition) is 2. The second kappa shape index (κ2) is 11.2. The fourth-order valence-corrected chi connectivity index (χ4v) is 4.46. The lowest BCUT2D eigenvalue weighted by Crippen LogP contribution is -2.40. The van der Waals surface area contributed by atoms with E-state index in [2.05, 4.69) is 52.0 Å². The molecule has 3 rings (SSSR count). The number of aryl methyl sites for hydroxylation is 1. The number of guanidine groups is 1. The quantitative estimate of drug-likeness (QED) is 0.384. The molecular formula is C21H34N6S. The Morgan fingerprint density at radius 2 is 2.18 bits per heavy atom. The fourth-order valence-electron chi connectivity index (χ4n) is 3.61. The van der Waals surface area contributed by atoms with Crippen molar-refractivity contribution in [1.29, 1.82) is 0 Å². The predicted octanol–water partition coefficient (Wildman–Crippen LogP) is 3.36. The van der Waals surface area contributed by atoms with Gasteiger partial charge in [0, 0.05) is 36.9 Å². The highest BCUT2D eigenvalue weighted by Crippen LogP contribution is 2.29. The molecule has 3 heterocycles. The molecule has 1 unspecified atom stereocenters. The van der Waals surface area contributed by atoms with Crippen LogP contribution in [0.5, 0.6) is 0 Å². The van der Waals surface area contributed by atoms with Crippen molar-refractivity contribution in [2.24, 2.45) is 10.9 Å². The van der Waals surface area contributed by atoms with Crippen molar-refractivity contribution in [2.75, 3.05) is 32.7 Å². The highest BCUT2D eigenvalue weighted by atomic mass is 32.1. The lowest BCUT2D eigenvalue weighted by molar-refractivity contribution is 0.143. The van der Waals surface area contributed by atoms with Gasteiger partial charge in [-0.25, -0.2) is 0 Å². The first-order valence-electron chi connectivity index (χ1n) is 10.5. The lowest BCUT2D eigenvalue weighted by Gasteiger charge is -2.35. The van der Waals surface area contributed by atoms with Gasteiger partial charge in [-0.1, -0.05) is 13.0 Å². The summed E-state index contributed by atoms with van der Waals surface area (Å²) >= 11 is 1.85. The van der Waals surface area contributed by atoms with Crippen molar-refractivity contribution in [3.63, 3.8) is 0 Å². The zero-order valence-corrected chi connectivity index (χ0v) is 18.0. The number of aromatic nitrogens is 2. The van der Waals surface area contributed by atoms with Gasteiger partial charge in [-0.05, 0) is 62.7 Å². The first kappa shape index (κ1) is 20.9. The number of aliphatic imine (C=N–C) groups is 1. The maximum absolute atomic E-state index is 4.94. The lowest BCUT2D eigenvalue weighted by atomic mass is 9.97. The molecule has 28 heavy (non-hydrogen) atoms. The molecule has 0 bridgehead atoms. The standard InChI is InChI=1S/C21H34N6S/c1-3-22-21(23-10-5-12-27-13-6-11-25-27)24-17-19(20-7-4-16-28-20)26-14-8-18(2)9-15-26/h4,6-7,11,13,16,18-19H,3,5,8-10,12,14-15,17H2,1-2H3,(H2,22,23,24). The number of rotatable bonds is 9. The van der Waals surface area contributed by atoms with Crippen molar-refractivity contribution < 1.29 is 0 Å². The average Bonchev–Trinajstić information content (AvgIpc) is 3.41. The van der Waals surface area contributed by atoms with E-state index >= 15 is 0 Å². The third-order valence-electron chi connectivity index (χ3n) is 5.31. The predicted molar refractivity (Wildman–Crippen MR) is 118 cm³/mol.